The van der Waals surface area contributed by atoms with Gasteiger partial charge in [0.1, 0.15) is 11.8 Å². The minimum absolute atomic E-state index is 0.122. The van der Waals surface area contributed by atoms with Crippen LogP contribution < -0.4 is 10.1 Å². The Morgan fingerprint density at radius 1 is 1.17 bits per heavy atom. The monoisotopic (exact) mass is 323 g/mol. The van der Waals surface area contributed by atoms with Crippen LogP contribution in [0, 0.1) is 11.3 Å². The van der Waals surface area contributed by atoms with E-state index in [0.29, 0.717) is 17.9 Å². The summed E-state index contributed by atoms with van der Waals surface area (Å²) < 4.78 is 5.48. The molecule has 0 bridgehead atoms. The van der Waals surface area contributed by atoms with E-state index in [1.54, 1.807) is 24.3 Å². The van der Waals surface area contributed by atoms with Crippen LogP contribution in [0.15, 0.2) is 54.6 Å². The number of rotatable bonds is 7. The van der Waals surface area contributed by atoms with Crippen molar-refractivity contribution < 1.29 is 9.53 Å². The van der Waals surface area contributed by atoms with E-state index in [-0.39, 0.29) is 18.6 Å². The number of nitrogens with one attached hydrogen (secondary N) is 1. The smallest absolute Gasteiger partial charge is 0.258 e. The molecule has 0 aromatic heterocycles. The number of benzene rings is 2. The minimum Gasteiger partial charge on any atom is -0.482 e. The average Bonchev–Trinajstić information content (AvgIpc) is 2.60. The second kappa shape index (κ2) is 8.70. The van der Waals surface area contributed by atoms with E-state index >= 15 is 0 Å². The molecule has 0 spiro atoms. The van der Waals surface area contributed by atoms with Crippen LogP contribution in [0.5, 0.6) is 5.75 Å². The summed E-state index contributed by atoms with van der Waals surface area (Å²) in [6.45, 7) is 0.556. The molecule has 0 fully saturated rings. The lowest BCUT2D eigenvalue weighted by Crippen LogP contribution is -2.37. The van der Waals surface area contributed by atoms with E-state index in [0.717, 1.165) is 5.56 Å². The topological polar surface area (TPSA) is 65.4 Å². The van der Waals surface area contributed by atoms with Gasteiger partial charge in [-0.25, -0.2) is 0 Å². The summed E-state index contributed by atoms with van der Waals surface area (Å²) in [4.78, 5) is 14.3. The fourth-order valence-corrected chi connectivity index (χ4v) is 2.35. The molecule has 1 atom stereocenters. The SMILES string of the molecule is CN(C)C[C@H](NC(=O)COc1ccccc1C#N)c1ccccc1. The van der Waals surface area contributed by atoms with Crippen LogP contribution in [0.25, 0.3) is 0 Å². The molecule has 0 saturated carbocycles. The molecule has 0 aliphatic rings. The molecule has 24 heavy (non-hydrogen) atoms. The summed E-state index contributed by atoms with van der Waals surface area (Å²) in [5.74, 6) is 0.192. The third-order valence-corrected chi connectivity index (χ3v) is 3.45. The first-order valence-corrected chi connectivity index (χ1v) is 7.71. The maximum absolute atomic E-state index is 12.2. The van der Waals surface area contributed by atoms with Gasteiger partial charge in [-0.05, 0) is 31.8 Å². The third-order valence-electron chi connectivity index (χ3n) is 3.45. The van der Waals surface area contributed by atoms with Gasteiger partial charge in [0.15, 0.2) is 6.61 Å². The Labute approximate surface area is 142 Å². The summed E-state index contributed by atoms with van der Waals surface area (Å²) in [6.07, 6.45) is 0. The molecule has 0 radical (unpaired) electrons. The van der Waals surface area contributed by atoms with Gasteiger partial charge in [0.25, 0.3) is 5.91 Å². The van der Waals surface area contributed by atoms with Crippen LogP contribution in [0.3, 0.4) is 0 Å². The van der Waals surface area contributed by atoms with Crippen molar-refractivity contribution in [2.45, 2.75) is 6.04 Å². The van der Waals surface area contributed by atoms with Gasteiger partial charge in [-0.3, -0.25) is 4.79 Å². The predicted molar refractivity (Wildman–Crippen MR) is 92.5 cm³/mol. The lowest BCUT2D eigenvalue weighted by molar-refractivity contribution is -0.124. The standard InChI is InChI=1S/C19H21N3O2/c1-22(2)13-17(15-8-4-3-5-9-15)21-19(23)14-24-18-11-7-6-10-16(18)12-20/h3-11,17H,13-14H2,1-2H3,(H,21,23)/t17-/m0/s1. The quantitative estimate of drug-likeness (QED) is 0.849. The Bertz CT molecular complexity index is 708. The Balaban J connectivity index is 1.99. The zero-order valence-electron chi connectivity index (χ0n) is 13.9. The first-order valence-electron chi connectivity index (χ1n) is 7.71. The van der Waals surface area contributed by atoms with Crippen molar-refractivity contribution in [1.29, 1.82) is 5.26 Å². The highest BCUT2D eigenvalue weighted by Gasteiger charge is 2.16. The summed E-state index contributed by atoms with van der Waals surface area (Å²) in [6, 6.07) is 18.6. The van der Waals surface area contributed by atoms with Crippen molar-refractivity contribution in [2.75, 3.05) is 27.2 Å². The molecule has 0 unspecified atom stereocenters. The number of amides is 1. The van der Waals surface area contributed by atoms with Gasteiger partial charge >= 0.3 is 0 Å². The fourth-order valence-electron chi connectivity index (χ4n) is 2.35. The van der Waals surface area contributed by atoms with E-state index in [2.05, 4.69) is 5.32 Å². The lowest BCUT2D eigenvalue weighted by atomic mass is 10.1. The number of para-hydroxylation sites is 1. The number of carbonyl (C=O) groups is 1. The summed E-state index contributed by atoms with van der Waals surface area (Å²) in [5.41, 5.74) is 1.45. The minimum atomic E-state index is -0.224. The van der Waals surface area contributed by atoms with Crippen molar-refractivity contribution in [3.63, 3.8) is 0 Å². The molecule has 2 aromatic rings. The Kier molecular flexibility index (Phi) is 6.35. The number of likely N-dealkylation sites (N-methyl/N-ethyl adjacent to an activating group) is 1. The fraction of sp³-hybridized carbons (Fsp3) is 0.263. The molecule has 0 heterocycles. The molecule has 1 N–H and O–H groups in total. The van der Waals surface area contributed by atoms with E-state index in [4.69, 9.17) is 10.00 Å². The number of carbonyl (C=O) groups excluding carboxylic acids is 1. The van der Waals surface area contributed by atoms with Crippen molar-refractivity contribution in [2.24, 2.45) is 0 Å². The van der Waals surface area contributed by atoms with Gasteiger partial charge in [-0.2, -0.15) is 5.26 Å². The lowest BCUT2D eigenvalue weighted by Gasteiger charge is -2.23. The Morgan fingerprint density at radius 3 is 2.50 bits per heavy atom. The van der Waals surface area contributed by atoms with Crippen LogP contribution in [-0.4, -0.2) is 38.1 Å². The molecular weight excluding hydrogens is 302 g/mol. The van der Waals surface area contributed by atoms with Gasteiger partial charge in [-0.1, -0.05) is 42.5 Å². The molecular formula is C19H21N3O2. The first-order chi connectivity index (χ1) is 11.6. The number of nitrogens with zero attached hydrogens (tertiary/aromatic N) is 2. The van der Waals surface area contributed by atoms with Crippen LogP contribution >= 0.6 is 0 Å². The maximum atomic E-state index is 12.2. The van der Waals surface area contributed by atoms with Crippen molar-refractivity contribution >= 4 is 5.91 Å². The highest BCUT2D eigenvalue weighted by Crippen LogP contribution is 2.17. The zero-order valence-corrected chi connectivity index (χ0v) is 13.9. The Hall–Kier alpha value is -2.84. The van der Waals surface area contributed by atoms with Crippen molar-refractivity contribution in [1.82, 2.24) is 10.2 Å². The second-order valence-corrected chi connectivity index (χ2v) is 5.69. The Morgan fingerprint density at radius 2 is 1.83 bits per heavy atom. The van der Waals surface area contributed by atoms with E-state index in [1.165, 1.54) is 0 Å². The molecule has 5 nitrogen and oxygen atoms in total. The second-order valence-electron chi connectivity index (χ2n) is 5.69. The van der Waals surface area contributed by atoms with Crippen LogP contribution in [-0.2, 0) is 4.79 Å². The first kappa shape index (κ1) is 17.5. The van der Waals surface area contributed by atoms with Crippen LogP contribution in [0.1, 0.15) is 17.2 Å². The summed E-state index contributed by atoms with van der Waals surface area (Å²) in [7, 11) is 3.92. The molecule has 2 aromatic carbocycles. The molecule has 2 rings (SSSR count). The van der Waals surface area contributed by atoms with Crippen molar-refractivity contribution in [3.05, 3.63) is 65.7 Å². The predicted octanol–water partition coefficient (Wildman–Crippen LogP) is 2.36. The normalized spacial score (nSPS) is 11.6. The van der Waals surface area contributed by atoms with Gasteiger partial charge in [0.2, 0.25) is 0 Å². The highest BCUT2D eigenvalue weighted by atomic mass is 16.5. The number of ether oxygens (including phenoxy) is 1. The van der Waals surface area contributed by atoms with Crippen LogP contribution in [0.4, 0.5) is 0 Å². The van der Waals surface area contributed by atoms with Gasteiger partial charge < -0.3 is 15.0 Å². The summed E-state index contributed by atoms with van der Waals surface area (Å²) >= 11 is 0. The van der Waals surface area contributed by atoms with Crippen molar-refractivity contribution in [3.8, 4) is 11.8 Å². The van der Waals surface area contributed by atoms with Gasteiger partial charge in [0.05, 0.1) is 11.6 Å². The van der Waals surface area contributed by atoms with E-state index < -0.39 is 0 Å². The molecule has 124 valence electrons. The molecule has 5 heteroatoms. The van der Waals surface area contributed by atoms with Crippen LogP contribution in [0.2, 0.25) is 0 Å². The maximum Gasteiger partial charge on any atom is 0.258 e. The molecule has 0 saturated heterocycles. The molecule has 1 amide bonds. The van der Waals surface area contributed by atoms with E-state index in [1.807, 2.05) is 55.4 Å². The van der Waals surface area contributed by atoms with E-state index in [9.17, 15) is 4.79 Å². The van der Waals surface area contributed by atoms with Gasteiger partial charge in [0, 0.05) is 6.54 Å². The largest absolute Gasteiger partial charge is 0.482 e. The molecule has 0 aliphatic carbocycles. The number of nitriles is 1. The highest BCUT2D eigenvalue weighted by molar-refractivity contribution is 5.78. The zero-order chi connectivity index (χ0) is 17.4. The number of hydrogen-bond donors (Lipinski definition) is 1. The summed E-state index contributed by atoms with van der Waals surface area (Å²) in [5, 5.41) is 12.0. The van der Waals surface area contributed by atoms with Gasteiger partial charge in [-0.15, -0.1) is 0 Å². The number of hydrogen-bond acceptors (Lipinski definition) is 4. The third kappa shape index (κ3) is 5.11. The average molecular weight is 323 g/mol. The molecule has 0 aliphatic heterocycles.